The number of anilines is 1. The molecule has 1 aromatic heterocycles. The molecule has 0 unspecified atom stereocenters. The van der Waals surface area contributed by atoms with E-state index in [1.54, 1.807) is 11.8 Å². The second-order valence-corrected chi connectivity index (χ2v) is 10.8. The summed E-state index contributed by atoms with van der Waals surface area (Å²) in [6.07, 6.45) is 0. The molecule has 0 saturated carbocycles. The van der Waals surface area contributed by atoms with E-state index in [0.29, 0.717) is 20.6 Å². The second-order valence-electron chi connectivity index (χ2n) is 9.82. The van der Waals surface area contributed by atoms with Gasteiger partial charge in [0.05, 0.1) is 35.2 Å². The Hall–Kier alpha value is -4.56. The Morgan fingerprint density at radius 2 is 1.60 bits per heavy atom. The van der Waals surface area contributed by atoms with Crippen LogP contribution in [0.2, 0.25) is 0 Å². The van der Waals surface area contributed by atoms with E-state index in [0.717, 1.165) is 22.4 Å². The summed E-state index contributed by atoms with van der Waals surface area (Å²) in [6.45, 7) is 5.83. The third kappa shape index (κ3) is 4.03. The van der Waals surface area contributed by atoms with Crippen LogP contribution in [0.4, 0.5) is 5.69 Å². The van der Waals surface area contributed by atoms with Gasteiger partial charge in [-0.3, -0.25) is 14.2 Å². The summed E-state index contributed by atoms with van der Waals surface area (Å²) in [5.74, 6) is -0.754. The Bertz CT molecular complexity index is 1850. The Labute approximate surface area is 235 Å². The monoisotopic (exact) mass is 549 g/mol. The third-order valence-electron chi connectivity index (χ3n) is 7.07. The van der Waals surface area contributed by atoms with E-state index in [-0.39, 0.29) is 29.7 Å². The van der Waals surface area contributed by atoms with Crippen LogP contribution in [0.5, 0.6) is 0 Å². The number of fused-ring (bicyclic) bond motifs is 2. The molecule has 0 radical (unpaired) electrons. The summed E-state index contributed by atoms with van der Waals surface area (Å²) < 4.78 is 7.36. The van der Waals surface area contributed by atoms with Gasteiger partial charge in [-0.2, -0.15) is 0 Å². The summed E-state index contributed by atoms with van der Waals surface area (Å²) >= 11 is 1.18. The number of esters is 1. The minimum Gasteiger partial charge on any atom is -0.463 e. The number of thiazole rings is 1. The van der Waals surface area contributed by atoms with Crippen molar-refractivity contribution in [2.75, 3.05) is 11.5 Å². The van der Waals surface area contributed by atoms with Crippen molar-refractivity contribution in [1.29, 1.82) is 0 Å². The van der Waals surface area contributed by atoms with Crippen molar-refractivity contribution in [2.45, 2.75) is 32.9 Å². The van der Waals surface area contributed by atoms with Crippen LogP contribution in [0.25, 0.3) is 11.3 Å². The molecule has 0 N–H and O–H groups in total. The average Bonchev–Trinajstić information content (AvgIpc) is 3.45. The molecule has 1 amide bonds. The Kier molecular flexibility index (Phi) is 6.56. The van der Waals surface area contributed by atoms with Crippen LogP contribution in [0.15, 0.2) is 100 Å². The number of benzene rings is 3. The maximum absolute atomic E-state index is 14.3. The number of hydrogen-bond donors (Lipinski definition) is 0. The summed E-state index contributed by atoms with van der Waals surface area (Å²) in [4.78, 5) is 48.7. The first-order valence-electron chi connectivity index (χ1n) is 13.2. The van der Waals surface area contributed by atoms with Gasteiger partial charge in [0.1, 0.15) is 4.53 Å². The van der Waals surface area contributed by atoms with E-state index in [1.165, 1.54) is 15.9 Å². The van der Waals surface area contributed by atoms with Gasteiger partial charge in [0.25, 0.3) is 11.5 Å². The number of nitrogens with zero attached hydrogens (tertiary/aromatic N) is 3. The van der Waals surface area contributed by atoms with E-state index >= 15 is 0 Å². The largest absolute Gasteiger partial charge is 0.463 e. The minimum absolute atomic E-state index is 0.0907. The summed E-state index contributed by atoms with van der Waals surface area (Å²) in [5.41, 5.74) is 3.71. The van der Waals surface area contributed by atoms with Crippen molar-refractivity contribution in [3.05, 3.63) is 127 Å². The molecule has 7 nitrogen and oxygen atoms in total. The topological polar surface area (TPSA) is 81.0 Å². The zero-order valence-electron chi connectivity index (χ0n) is 22.3. The zero-order chi connectivity index (χ0) is 28.0. The van der Waals surface area contributed by atoms with Gasteiger partial charge in [0.2, 0.25) is 0 Å². The number of carbonyl (C=O) groups is 2. The lowest BCUT2D eigenvalue weighted by Crippen LogP contribution is -2.41. The molecule has 0 aliphatic carbocycles. The van der Waals surface area contributed by atoms with Crippen LogP contribution < -0.4 is 19.8 Å². The fourth-order valence-corrected chi connectivity index (χ4v) is 6.50. The van der Waals surface area contributed by atoms with E-state index in [1.807, 2.05) is 98.8 Å². The fraction of sp³-hybridized carbons (Fsp3) is 0.188. The van der Waals surface area contributed by atoms with E-state index in [9.17, 15) is 14.4 Å². The number of aromatic nitrogens is 1. The zero-order valence-corrected chi connectivity index (χ0v) is 23.1. The molecule has 0 fully saturated rings. The Morgan fingerprint density at radius 1 is 0.950 bits per heavy atom. The molecule has 3 aromatic carbocycles. The molecule has 4 aromatic rings. The van der Waals surface area contributed by atoms with Crippen molar-refractivity contribution in [1.82, 2.24) is 4.57 Å². The number of rotatable bonds is 5. The lowest BCUT2D eigenvalue weighted by Gasteiger charge is -2.25. The fourth-order valence-electron chi connectivity index (χ4n) is 5.41. The van der Waals surface area contributed by atoms with Crippen LogP contribution >= 0.6 is 11.3 Å². The Balaban J connectivity index is 1.72. The molecule has 2 aliphatic rings. The van der Waals surface area contributed by atoms with Gasteiger partial charge in [-0.25, -0.2) is 9.79 Å². The van der Waals surface area contributed by atoms with E-state index < -0.39 is 12.0 Å². The summed E-state index contributed by atoms with van der Waals surface area (Å²) in [6, 6.07) is 25.5. The molecule has 0 bridgehead atoms. The van der Waals surface area contributed by atoms with Gasteiger partial charge in [-0.15, -0.1) is 0 Å². The van der Waals surface area contributed by atoms with Crippen LogP contribution in [0.3, 0.4) is 0 Å². The maximum atomic E-state index is 14.3. The first-order valence-corrected chi connectivity index (χ1v) is 14.0. The summed E-state index contributed by atoms with van der Waals surface area (Å²) in [7, 11) is 0. The van der Waals surface area contributed by atoms with Gasteiger partial charge in [-0.1, -0.05) is 90.2 Å². The van der Waals surface area contributed by atoms with Crippen molar-refractivity contribution in [2.24, 2.45) is 4.99 Å². The third-order valence-corrected chi connectivity index (χ3v) is 8.13. The highest BCUT2D eigenvalue weighted by molar-refractivity contribution is 7.07. The highest BCUT2D eigenvalue weighted by Crippen LogP contribution is 2.37. The highest BCUT2D eigenvalue weighted by atomic mass is 32.1. The lowest BCUT2D eigenvalue weighted by molar-refractivity contribution is -0.138. The normalized spacial score (nSPS) is 17.6. The quantitative estimate of drug-likeness (QED) is 0.352. The number of amides is 1. The molecule has 2 aliphatic heterocycles. The van der Waals surface area contributed by atoms with Gasteiger partial charge < -0.3 is 9.64 Å². The van der Waals surface area contributed by atoms with Crippen LogP contribution in [0.1, 0.15) is 43.5 Å². The molecule has 6 rings (SSSR count). The van der Waals surface area contributed by atoms with Gasteiger partial charge >= 0.3 is 5.97 Å². The number of carbonyl (C=O) groups excluding carboxylic acids is 2. The molecule has 200 valence electrons. The van der Waals surface area contributed by atoms with Crippen molar-refractivity contribution < 1.29 is 14.3 Å². The first kappa shape index (κ1) is 25.7. The predicted octanol–water partition coefficient (Wildman–Crippen LogP) is 4.06. The maximum Gasteiger partial charge on any atom is 0.338 e. The molecule has 0 saturated heterocycles. The first-order chi connectivity index (χ1) is 19.4. The van der Waals surface area contributed by atoms with Gasteiger partial charge in [0.15, 0.2) is 4.80 Å². The van der Waals surface area contributed by atoms with E-state index in [4.69, 9.17) is 9.73 Å². The van der Waals surface area contributed by atoms with Crippen LogP contribution in [0, 0.1) is 0 Å². The van der Waals surface area contributed by atoms with Crippen molar-refractivity contribution in [3.63, 3.8) is 0 Å². The lowest BCUT2D eigenvalue weighted by atomic mass is 9.93. The Morgan fingerprint density at radius 3 is 2.27 bits per heavy atom. The van der Waals surface area contributed by atoms with Gasteiger partial charge in [-0.05, 0) is 32.4 Å². The molecular formula is C32H27N3O4S. The average molecular weight is 550 g/mol. The van der Waals surface area contributed by atoms with Gasteiger partial charge in [0, 0.05) is 17.2 Å². The second kappa shape index (κ2) is 10.2. The van der Waals surface area contributed by atoms with E-state index in [2.05, 4.69) is 0 Å². The molecule has 8 heteroatoms. The smallest absolute Gasteiger partial charge is 0.338 e. The van der Waals surface area contributed by atoms with Crippen molar-refractivity contribution in [3.8, 4) is 0 Å². The number of para-hydroxylation sites is 1. The molecule has 40 heavy (non-hydrogen) atoms. The standard InChI is InChI=1S/C32H27N3O4S/c1-4-39-31(38)25-26(20-13-7-5-8-14-20)33-32-35(27(25)21-15-9-6-10-16-21)30(37)28(40-32)24-22-17-11-12-18-23(22)34(19(2)3)29(24)36/h5-19,27H,4H2,1-3H3/b28-24+/t27-/m1/s1. The molecule has 3 heterocycles. The molecule has 1 atom stereocenters. The molecule has 0 spiro atoms. The SMILES string of the molecule is CCOC(=O)C1=C(c2ccccc2)N=c2s/c(=C3/C(=O)N(C(C)C)c4ccccc43)c(=O)n2[C@@H]1c1ccccc1. The van der Waals surface area contributed by atoms with Crippen molar-refractivity contribution >= 4 is 40.2 Å². The van der Waals surface area contributed by atoms with Crippen LogP contribution in [-0.4, -0.2) is 29.1 Å². The highest BCUT2D eigenvalue weighted by Gasteiger charge is 2.38. The van der Waals surface area contributed by atoms with Crippen LogP contribution in [-0.2, 0) is 14.3 Å². The summed E-state index contributed by atoms with van der Waals surface area (Å²) in [5, 5.41) is 0. The predicted molar refractivity (Wildman–Crippen MR) is 156 cm³/mol. The minimum atomic E-state index is -0.783. The number of hydrogen-bond acceptors (Lipinski definition) is 6. The molecular weight excluding hydrogens is 522 g/mol. The number of ether oxygens (including phenoxy) is 1.